The highest BCUT2D eigenvalue weighted by Gasteiger charge is 2.28. The Morgan fingerprint density at radius 1 is 1.39 bits per heavy atom. The van der Waals surface area contributed by atoms with Crippen molar-refractivity contribution in [3.63, 3.8) is 0 Å². The van der Waals surface area contributed by atoms with E-state index in [4.69, 9.17) is 0 Å². The van der Waals surface area contributed by atoms with Crippen LogP contribution >= 0.6 is 0 Å². The summed E-state index contributed by atoms with van der Waals surface area (Å²) >= 11 is 0. The molecule has 0 saturated heterocycles. The average molecular weight is 248 g/mol. The Labute approximate surface area is 110 Å². The number of rotatable bonds is 4. The van der Waals surface area contributed by atoms with E-state index in [1.165, 1.54) is 18.4 Å². The zero-order chi connectivity index (χ0) is 13.3. The summed E-state index contributed by atoms with van der Waals surface area (Å²) in [6.45, 7) is 9.28. The van der Waals surface area contributed by atoms with Crippen LogP contribution in [0.2, 0.25) is 0 Å². The lowest BCUT2D eigenvalue weighted by Gasteiger charge is -2.24. The third kappa shape index (κ3) is 3.42. The molecule has 0 amide bonds. The van der Waals surface area contributed by atoms with E-state index in [0.717, 1.165) is 18.2 Å². The first kappa shape index (κ1) is 13.3. The van der Waals surface area contributed by atoms with Gasteiger partial charge < -0.3 is 10.2 Å². The molecule has 2 rings (SSSR count). The van der Waals surface area contributed by atoms with Crippen LogP contribution < -0.4 is 10.2 Å². The molecule has 0 aromatic carbocycles. The lowest BCUT2D eigenvalue weighted by Crippen LogP contribution is -2.36. The van der Waals surface area contributed by atoms with Gasteiger partial charge in [-0.1, -0.05) is 0 Å². The molecule has 1 aliphatic rings. The summed E-state index contributed by atoms with van der Waals surface area (Å²) in [5.41, 5.74) is 1.30. The molecule has 0 spiro atoms. The van der Waals surface area contributed by atoms with Crippen LogP contribution in [0, 0.1) is 6.92 Å². The van der Waals surface area contributed by atoms with E-state index in [9.17, 15) is 0 Å². The van der Waals surface area contributed by atoms with E-state index < -0.39 is 0 Å². The zero-order valence-electron chi connectivity index (χ0n) is 12.1. The Morgan fingerprint density at radius 3 is 2.61 bits per heavy atom. The van der Waals surface area contributed by atoms with Crippen molar-refractivity contribution in [2.75, 3.05) is 11.9 Å². The molecule has 1 aromatic rings. The molecule has 0 unspecified atom stereocenters. The molecule has 0 radical (unpaired) electrons. The second-order valence-electron chi connectivity index (χ2n) is 6.21. The summed E-state index contributed by atoms with van der Waals surface area (Å²) < 4.78 is 0. The summed E-state index contributed by atoms with van der Waals surface area (Å²) in [4.78, 5) is 11.2. The number of hydrogen-bond acceptors (Lipinski definition) is 4. The first-order valence-corrected chi connectivity index (χ1v) is 6.67. The highest BCUT2D eigenvalue weighted by atomic mass is 15.2. The number of nitrogens with one attached hydrogen (secondary N) is 1. The maximum atomic E-state index is 4.61. The summed E-state index contributed by atoms with van der Waals surface area (Å²) in [7, 11) is 2.14. The van der Waals surface area contributed by atoms with Gasteiger partial charge in [-0.2, -0.15) is 0 Å². The van der Waals surface area contributed by atoms with Crippen LogP contribution in [-0.2, 0) is 6.54 Å². The van der Waals surface area contributed by atoms with Gasteiger partial charge in [-0.25, -0.2) is 9.97 Å². The van der Waals surface area contributed by atoms with E-state index in [1.54, 1.807) is 0 Å². The largest absolute Gasteiger partial charge is 0.356 e. The minimum absolute atomic E-state index is 0.111. The molecule has 100 valence electrons. The van der Waals surface area contributed by atoms with Gasteiger partial charge in [0, 0.05) is 36.9 Å². The molecule has 1 N–H and O–H groups in total. The number of anilines is 1. The monoisotopic (exact) mass is 248 g/mol. The quantitative estimate of drug-likeness (QED) is 0.887. The molecule has 4 heteroatoms. The summed E-state index contributed by atoms with van der Waals surface area (Å²) in [5, 5.41) is 3.51. The lowest BCUT2D eigenvalue weighted by molar-refractivity contribution is 0.423. The zero-order valence-corrected chi connectivity index (χ0v) is 12.1. The molecule has 4 nitrogen and oxygen atoms in total. The first-order chi connectivity index (χ1) is 8.37. The number of aromatic nitrogens is 2. The van der Waals surface area contributed by atoms with E-state index in [0.29, 0.717) is 6.04 Å². The SMILES string of the molecule is Cc1ncc(CNC(C)(C)C)c(N(C)C2CC2)n1. The number of hydrogen-bond donors (Lipinski definition) is 1. The second-order valence-corrected chi connectivity index (χ2v) is 6.21. The molecular formula is C14H24N4. The second kappa shape index (κ2) is 4.84. The minimum atomic E-state index is 0.111. The van der Waals surface area contributed by atoms with E-state index in [2.05, 4.69) is 48.0 Å². The maximum Gasteiger partial charge on any atom is 0.136 e. The van der Waals surface area contributed by atoms with Gasteiger partial charge in [-0.15, -0.1) is 0 Å². The fraction of sp³-hybridized carbons (Fsp3) is 0.714. The van der Waals surface area contributed by atoms with Gasteiger partial charge in [0.05, 0.1) is 0 Å². The Balaban J connectivity index is 2.17. The molecule has 1 fully saturated rings. The van der Waals surface area contributed by atoms with Gasteiger partial charge in [0.25, 0.3) is 0 Å². The predicted molar refractivity (Wildman–Crippen MR) is 74.8 cm³/mol. The van der Waals surface area contributed by atoms with E-state index in [-0.39, 0.29) is 5.54 Å². The number of aryl methyl sites for hydroxylation is 1. The van der Waals surface area contributed by atoms with Crippen LogP contribution in [0.25, 0.3) is 0 Å². The van der Waals surface area contributed by atoms with Crippen LogP contribution in [0.3, 0.4) is 0 Å². The van der Waals surface area contributed by atoms with Crippen molar-refractivity contribution in [3.05, 3.63) is 17.6 Å². The molecule has 1 aromatic heterocycles. The standard InChI is InChI=1S/C14H24N4/c1-10-15-8-11(9-16-14(2,3)4)13(17-10)18(5)12-6-7-12/h8,12,16H,6-7,9H2,1-5H3. The highest BCUT2D eigenvalue weighted by Crippen LogP contribution is 2.30. The Kier molecular flexibility index (Phi) is 3.57. The van der Waals surface area contributed by atoms with Crippen LogP contribution in [0.1, 0.15) is 45.0 Å². The van der Waals surface area contributed by atoms with Crippen molar-refractivity contribution in [1.82, 2.24) is 15.3 Å². The Hall–Kier alpha value is -1.16. The number of nitrogens with zero attached hydrogens (tertiary/aromatic N) is 3. The normalized spacial score (nSPS) is 15.8. The molecular weight excluding hydrogens is 224 g/mol. The van der Waals surface area contributed by atoms with Crippen LogP contribution in [0.15, 0.2) is 6.20 Å². The van der Waals surface area contributed by atoms with E-state index >= 15 is 0 Å². The molecule has 0 atom stereocenters. The minimum Gasteiger partial charge on any atom is -0.356 e. The highest BCUT2D eigenvalue weighted by molar-refractivity contribution is 5.47. The van der Waals surface area contributed by atoms with Crippen LogP contribution in [0.5, 0.6) is 0 Å². The van der Waals surface area contributed by atoms with Crippen molar-refractivity contribution in [3.8, 4) is 0 Å². The van der Waals surface area contributed by atoms with Crippen molar-refractivity contribution in [2.45, 2.75) is 58.7 Å². The maximum absolute atomic E-state index is 4.61. The van der Waals surface area contributed by atoms with E-state index in [1.807, 2.05) is 13.1 Å². The molecule has 1 heterocycles. The van der Waals surface area contributed by atoms with Gasteiger partial charge in [-0.3, -0.25) is 0 Å². The van der Waals surface area contributed by atoms with Crippen molar-refractivity contribution in [2.24, 2.45) is 0 Å². The third-order valence-corrected chi connectivity index (χ3v) is 3.20. The van der Waals surface area contributed by atoms with Crippen molar-refractivity contribution >= 4 is 5.82 Å². The fourth-order valence-electron chi connectivity index (χ4n) is 1.91. The van der Waals surface area contributed by atoms with Crippen LogP contribution in [-0.4, -0.2) is 28.6 Å². The van der Waals surface area contributed by atoms with Crippen molar-refractivity contribution < 1.29 is 0 Å². The lowest BCUT2D eigenvalue weighted by atomic mass is 10.1. The average Bonchev–Trinajstić information content (AvgIpc) is 3.09. The third-order valence-electron chi connectivity index (χ3n) is 3.20. The molecule has 18 heavy (non-hydrogen) atoms. The van der Waals surface area contributed by atoms with Gasteiger partial charge in [0.2, 0.25) is 0 Å². The molecule has 0 aliphatic heterocycles. The van der Waals surface area contributed by atoms with Gasteiger partial charge >= 0.3 is 0 Å². The smallest absolute Gasteiger partial charge is 0.136 e. The topological polar surface area (TPSA) is 41.1 Å². The molecule has 1 aliphatic carbocycles. The Bertz CT molecular complexity index is 418. The summed E-state index contributed by atoms with van der Waals surface area (Å²) in [5.74, 6) is 1.93. The molecule has 1 saturated carbocycles. The van der Waals surface area contributed by atoms with Crippen LogP contribution in [0.4, 0.5) is 5.82 Å². The Morgan fingerprint density at radius 2 is 2.06 bits per heavy atom. The summed E-state index contributed by atoms with van der Waals surface area (Å²) in [6.07, 6.45) is 4.52. The van der Waals surface area contributed by atoms with Crippen molar-refractivity contribution in [1.29, 1.82) is 0 Å². The van der Waals surface area contributed by atoms with Gasteiger partial charge in [-0.05, 0) is 40.5 Å². The fourth-order valence-corrected chi connectivity index (χ4v) is 1.91. The first-order valence-electron chi connectivity index (χ1n) is 6.67. The summed E-state index contributed by atoms with van der Waals surface area (Å²) in [6, 6.07) is 0.674. The van der Waals surface area contributed by atoms with Gasteiger partial charge in [0.15, 0.2) is 0 Å². The molecule has 0 bridgehead atoms. The van der Waals surface area contributed by atoms with Gasteiger partial charge in [0.1, 0.15) is 11.6 Å². The predicted octanol–water partition coefficient (Wildman–Crippen LogP) is 2.27.